The van der Waals surface area contributed by atoms with E-state index in [0.29, 0.717) is 0 Å². The molecule has 1 N–H and O–H groups in total. The van der Waals surface area contributed by atoms with Crippen LogP contribution in [0.1, 0.15) is 19.8 Å². The van der Waals surface area contributed by atoms with Crippen LogP contribution in [0.2, 0.25) is 0 Å². The maximum Gasteiger partial charge on any atom is 0.261 e. The van der Waals surface area contributed by atoms with Crippen molar-refractivity contribution in [1.82, 2.24) is 5.32 Å². The molecular formula is C9H15F2NO3. The number of carbonyl (C=O) groups is 2. The Hall–Kier alpha value is -1.04. The van der Waals surface area contributed by atoms with Gasteiger partial charge < -0.3 is 14.8 Å². The van der Waals surface area contributed by atoms with Crippen LogP contribution in [0.15, 0.2) is 0 Å². The number of amides is 1. The Kier molecular flexibility index (Phi) is 7.71. The summed E-state index contributed by atoms with van der Waals surface area (Å²) in [5.41, 5.74) is 0. The first-order chi connectivity index (χ1) is 7.02. The van der Waals surface area contributed by atoms with Crippen molar-refractivity contribution in [3.63, 3.8) is 0 Å². The first-order valence-corrected chi connectivity index (χ1v) is 4.64. The first-order valence-electron chi connectivity index (χ1n) is 4.64. The normalized spacial score (nSPS) is 10.4. The minimum absolute atomic E-state index is 0.0517. The van der Waals surface area contributed by atoms with Crippen molar-refractivity contribution in [3.05, 3.63) is 0 Å². The number of carbonyl (C=O) groups excluding carboxylic acids is 2. The second-order valence-electron chi connectivity index (χ2n) is 3.02. The van der Waals surface area contributed by atoms with Crippen LogP contribution in [0, 0.1) is 0 Å². The summed E-state index contributed by atoms with van der Waals surface area (Å²) in [6.45, 7) is 1.02. The SMILES string of the molecule is CC(=O)CCC(=O)NCCOCC(F)F. The summed E-state index contributed by atoms with van der Waals surface area (Å²) in [4.78, 5) is 21.5. The van der Waals surface area contributed by atoms with E-state index in [4.69, 9.17) is 0 Å². The molecule has 1 amide bonds. The van der Waals surface area contributed by atoms with E-state index in [1.807, 2.05) is 0 Å². The highest BCUT2D eigenvalue weighted by Gasteiger charge is 2.04. The van der Waals surface area contributed by atoms with Crippen molar-refractivity contribution in [2.24, 2.45) is 0 Å². The molecule has 0 spiro atoms. The molecule has 0 rings (SSSR count). The largest absolute Gasteiger partial charge is 0.374 e. The van der Waals surface area contributed by atoms with E-state index < -0.39 is 13.0 Å². The van der Waals surface area contributed by atoms with Crippen molar-refractivity contribution in [2.75, 3.05) is 19.8 Å². The van der Waals surface area contributed by atoms with Gasteiger partial charge in [0, 0.05) is 19.4 Å². The molecule has 6 heteroatoms. The summed E-state index contributed by atoms with van der Waals surface area (Å²) in [6.07, 6.45) is -2.16. The summed E-state index contributed by atoms with van der Waals surface area (Å²) in [5.74, 6) is -0.329. The van der Waals surface area contributed by atoms with Crippen molar-refractivity contribution >= 4 is 11.7 Å². The van der Waals surface area contributed by atoms with E-state index in [9.17, 15) is 18.4 Å². The second kappa shape index (κ2) is 8.28. The van der Waals surface area contributed by atoms with E-state index in [0.717, 1.165) is 0 Å². The van der Waals surface area contributed by atoms with Gasteiger partial charge in [-0.25, -0.2) is 8.78 Å². The van der Waals surface area contributed by atoms with Crippen LogP contribution < -0.4 is 5.32 Å². The molecule has 0 aliphatic heterocycles. The summed E-state index contributed by atoms with van der Waals surface area (Å²) < 4.78 is 27.7. The fourth-order valence-corrected chi connectivity index (χ4v) is 0.813. The van der Waals surface area contributed by atoms with Gasteiger partial charge in [-0.05, 0) is 6.92 Å². The van der Waals surface area contributed by atoms with Crippen LogP contribution in [0.25, 0.3) is 0 Å². The maximum absolute atomic E-state index is 11.6. The van der Waals surface area contributed by atoms with Crippen molar-refractivity contribution in [3.8, 4) is 0 Å². The van der Waals surface area contributed by atoms with Gasteiger partial charge in [-0.15, -0.1) is 0 Å². The van der Waals surface area contributed by atoms with Gasteiger partial charge in [0.1, 0.15) is 12.4 Å². The predicted octanol–water partition coefficient (Wildman–Crippen LogP) is 0.753. The Bertz CT molecular complexity index is 210. The summed E-state index contributed by atoms with van der Waals surface area (Å²) in [6, 6.07) is 0. The van der Waals surface area contributed by atoms with E-state index >= 15 is 0 Å². The molecule has 4 nitrogen and oxygen atoms in total. The highest BCUT2D eigenvalue weighted by molar-refractivity contribution is 5.83. The fourth-order valence-electron chi connectivity index (χ4n) is 0.813. The Morgan fingerprint density at radius 3 is 2.53 bits per heavy atom. The molecule has 0 saturated heterocycles. The van der Waals surface area contributed by atoms with E-state index in [-0.39, 0.29) is 37.7 Å². The summed E-state index contributed by atoms with van der Waals surface area (Å²) >= 11 is 0. The molecule has 0 atom stereocenters. The molecule has 0 aliphatic rings. The van der Waals surface area contributed by atoms with Gasteiger partial charge in [0.2, 0.25) is 5.91 Å². The molecule has 0 unspecified atom stereocenters. The minimum atomic E-state index is -2.49. The fraction of sp³-hybridized carbons (Fsp3) is 0.778. The lowest BCUT2D eigenvalue weighted by Crippen LogP contribution is -2.27. The zero-order chi connectivity index (χ0) is 11.7. The van der Waals surface area contributed by atoms with E-state index in [1.54, 1.807) is 0 Å². The van der Waals surface area contributed by atoms with Gasteiger partial charge in [0.05, 0.1) is 6.61 Å². The zero-order valence-electron chi connectivity index (χ0n) is 8.59. The summed E-state index contributed by atoms with van der Waals surface area (Å²) in [5, 5.41) is 2.45. The van der Waals surface area contributed by atoms with Crippen LogP contribution in [0.5, 0.6) is 0 Å². The van der Waals surface area contributed by atoms with Crippen molar-refractivity contribution in [2.45, 2.75) is 26.2 Å². The van der Waals surface area contributed by atoms with Gasteiger partial charge >= 0.3 is 0 Å². The number of hydrogen-bond donors (Lipinski definition) is 1. The highest BCUT2D eigenvalue weighted by Crippen LogP contribution is 1.92. The van der Waals surface area contributed by atoms with Crippen molar-refractivity contribution < 1.29 is 23.1 Å². The second-order valence-corrected chi connectivity index (χ2v) is 3.02. The van der Waals surface area contributed by atoms with Crippen LogP contribution in [-0.4, -0.2) is 37.9 Å². The Balaban J connectivity index is 3.28. The third kappa shape index (κ3) is 10.9. The van der Waals surface area contributed by atoms with Crippen LogP contribution in [0.3, 0.4) is 0 Å². The van der Waals surface area contributed by atoms with Crippen molar-refractivity contribution in [1.29, 1.82) is 0 Å². The number of ketones is 1. The molecule has 0 aromatic heterocycles. The Labute approximate surface area is 87.0 Å². The number of rotatable bonds is 8. The lowest BCUT2D eigenvalue weighted by molar-refractivity contribution is -0.124. The summed E-state index contributed by atoms with van der Waals surface area (Å²) in [7, 11) is 0. The average Bonchev–Trinajstić information content (AvgIpc) is 2.13. The number of alkyl halides is 2. The predicted molar refractivity (Wildman–Crippen MR) is 49.7 cm³/mol. The smallest absolute Gasteiger partial charge is 0.261 e. The molecule has 0 saturated carbocycles. The molecule has 0 aromatic rings. The average molecular weight is 223 g/mol. The molecule has 0 heterocycles. The van der Waals surface area contributed by atoms with Gasteiger partial charge in [-0.3, -0.25) is 4.79 Å². The number of hydrogen-bond acceptors (Lipinski definition) is 3. The third-order valence-electron chi connectivity index (χ3n) is 1.52. The molecule has 0 fully saturated rings. The highest BCUT2D eigenvalue weighted by atomic mass is 19.3. The van der Waals surface area contributed by atoms with Gasteiger partial charge in [0.15, 0.2) is 0 Å². The standard InChI is InChI=1S/C9H15F2NO3/c1-7(13)2-3-9(14)12-4-5-15-6-8(10)11/h8H,2-6H2,1H3,(H,12,14). The third-order valence-corrected chi connectivity index (χ3v) is 1.52. The zero-order valence-corrected chi connectivity index (χ0v) is 8.59. The minimum Gasteiger partial charge on any atom is -0.374 e. The lowest BCUT2D eigenvalue weighted by atomic mass is 10.2. The molecule has 0 aliphatic carbocycles. The van der Waals surface area contributed by atoms with Gasteiger partial charge in [0.25, 0.3) is 6.43 Å². The molecule has 88 valence electrons. The molecule has 0 radical (unpaired) electrons. The number of nitrogens with one attached hydrogen (secondary N) is 1. The number of halogens is 2. The molecule has 0 aromatic carbocycles. The maximum atomic E-state index is 11.6. The van der Waals surface area contributed by atoms with E-state index in [1.165, 1.54) is 6.92 Å². The number of ether oxygens (including phenoxy) is 1. The van der Waals surface area contributed by atoms with Gasteiger partial charge in [-0.2, -0.15) is 0 Å². The van der Waals surface area contributed by atoms with Gasteiger partial charge in [-0.1, -0.05) is 0 Å². The number of Topliss-reactive ketones (excluding diaryl/α,β-unsaturated/α-hetero) is 1. The van der Waals surface area contributed by atoms with Crippen LogP contribution >= 0.6 is 0 Å². The quantitative estimate of drug-likeness (QED) is 0.618. The topological polar surface area (TPSA) is 55.4 Å². The first kappa shape index (κ1) is 14.0. The molecular weight excluding hydrogens is 208 g/mol. The van der Waals surface area contributed by atoms with E-state index in [2.05, 4.69) is 10.1 Å². The molecule has 15 heavy (non-hydrogen) atoms. The lowest BCUT2D eigenvalue weighted by Gasteiger charge is -2.05. The van der Waals surface area contributed by atoms with Crippen LogP contribution in [-0.2, 0) is 14.3 Å². The molecule has 0 bridgehead atoms. The Morgan fingerprint density at radius 1 is 1.33 bits per heavy atom. The van der Waals surface area contributed by atoms with Crippen LogP contribution in [0.4, 0.5) is 8.78 Å². The monoisotopic (exact) mass is 223 g/mol. The Morgan fingerprint density at radius 2 is 2.00 bits per heavy atom.